The minimum Gasteiger partial charge on any atom is -0.296 e. The van der Waals surface area contributed by atoms with E-state index in [0.717, 1.165) is 0 Å². The molecule has 0 aromatic carbocycles. The molecule has 0 unspecified atom stereocenters. The van der Waals surface area contributed by atoms with E-state index < -0.39 is 5.41 Å². The molecule has 1 fully saturated rings. The van der Waals surface area contributed by atoms with Gasteiger partial charge in [0.1, 0.15) is 0 Å². The molecule has 0 aromatic rings. The summed E-state index contributed by atoms with van der Waals surface area (Å²) in [5.74, 6) is -0.520. The number of carbonyl (C=O) groups is 2. The lowest BCUT2D eigenvalue weighted by Gasteiger charge is -2.26. The lowest BCUT2D eigenvalue weighted by molar-refractivity contribution is -0.137. The van der Waals surface area contributed by atoms with E-state index in [1.807, 2.05) is 0 Å². The Bertz CT molecular complexity index is 184. The first kappa shape index (κ1) is 7.25. The average Bonchev–Trinajstić information content (AvgIpc) is 1.81. The molecule has 3 nitrogen and oxygen atoms in total. The van der Waals surface area contributed by atoms with Crippen molar-refractivity contribution in [2.24, 2.45) is 5.41 Å². The minimum absolute atomic E-state index is 0.221. The van der Waals surface area contributed by atoms with Gasteiger partial charge in [0, 0.05) is 12.8 Å². The molecule has 2 amide bonds. The number of carbonyl (C=O) groups excluding carboxylic acids is 2. The van der Waals surface area contributed by atoms with Crippen LogP contribution in [0.3, 0.4) is 0 Å². The number of piperidine rings is 1. The van der Waals surface area contributed by atoms with Crippen LogP contribution in [0, 0.1) is 11.8 Å². The third-order valence-electron chi connectivity index (χ3n) is 1.51. The molecule has 1 aliphatic heterocycles. The fourth-order valence-electron chi connectivity index (χ4n) is 0.709. The maximum atomic E-state index is 10.9. The predicted molar refractivity (Wildman–Crippen MR) is 34.8 cm³/mol. The zero-order valence-corrected chi connectivity index (χ0v) is 6.02. The van der Waals surface area contributed by atoms with Crippen molar-refractivity contribution in [2.45, 2.75) is 20.3 Å². The minimum atomic E-state index is -0.603. The fourth-order valence-corrected chi connectivity index (χ4v) is 0.709. The van der Waals surface area contributed by atoms with Gasteiger partial charge in [-0.1, -0.05) is 13.8 Å². The largest absolute Gasteiger partial charge is 0.296 e. The standard InChI is InChI=1S/C7H9NO2/c1-7(2)4-3-5(9)8-6(7)10/h3H2,1-2H3,(H,8,9,10). The summed E-state index contributed by atoms with van der Waals surface area (Å²) in [7, 11) is 0. The SMILES string of the molecule is CC1(C)[C]CC(=O)NC1=O. The molecule has 1 N–H and O–H groups in total. The van der Waals surface area contributed by atoms with E-state index in [9.17, 15) is 9.59 Å². The summed E-state index contributed by atoms with van der Waals surface area (Å²) in [5.41, 5.74) is -0.603. The van der Waals surface area contributed by atoms with Gasteiger partial charge in [-0.3, -0.25) is 14.9 Å². The van der Waals surface area contributed by atoms with Crippen molar-refractivity contribution in [3.63, 3.8) is 0 Å². The summed E-state index contributed by atoms with van der Waals surface area (Å²) >= 11 is 0. The van der Waals surface area contributed by atoms with Crippen LogP contribution >= 0.6 is 0 Å². The van der Waals surface area contributed by atoms with E-state index >= 15 is 0 Å². The van der Waals surface area contributed by atoms with Crippen molar-refractivity contribution >= 4 is 11.8 Å². The smallest absolute Gasteiger partial charge is 0.232 e. The zero-order chi connectivity index (χ0) is 7.78. The molecule has 0 aromatic heterocycles. The van der Waals surface area contributed by atoms with E-state index in [-0.39, 0.29) is 18.2 Å². The average molecular weight is 139 g/mol. The van der Waals surface area contributed by atoms with Crippen molar-refractivity contribution in [1.82, 2.24) is 5.32 Å². The molecule has 0 saturated carbocycles. The number of hydrogen-bond acceptors (Lipinski definition) is 2. The zero-order valence-electron chi connectivity index (χ0n) is 6.02. The molecule has 2 radical (unpaired) electrons. The van der Waals surface area contributed by atoms with Crippen molar-refractivity contribution in [2.75, 3.05) is 0 Å². The van der Waals surface area contributed by atoms with E-state index in [2.05, 4.69) is 11.7 Å². The Morgan fingerprint density at radius 3 is 2.50 bits per heavy atom. The first-order valence-corrected chi connectivity index (χ1v) is 3.12. The van der Waals surface area contributed by atoms with Crippen LogP contribution in [0.2, 0.25) is 0 Å². The molecule has 3 heteroatoms. The highest BCUT2D eigenvalue weighted by Crippen LogP contribution is 2.24. The lowest BCUT2D eigenvalue weighted by Crippen LogP contribution is -2.45. The normalized spacial score (nSPS) is 24.2. The molecule has 1 heterocycles. The quantitative estimate of drug-likeness (QED) is 0.485. The number of imide groups is 1. The summed E-state index contributed by atoms with van der Waals surface area (Å²) in [6, 6.07) is 0. The second-order valence-electron chi connectivity index (χ2n) is 2.86. The highest BCUT2D eigenvalue weighted by Gasteiger charge is 2.34. The molecule has 1 rings (SSSR count). The first-order valence-electron chi connectivity index (χ1n) is 3.12. The molecule has 54 valence electrons. The summed E-state index contributed by atoms with van der Waals surface area (Å²) in [4.78, 5) is 21.5. The second-order valence-corrected chi connectivity index (χ2v) is 2.86. The lowest BCUT2D eigenvalue weighted by atomic mass is 9.84. The summed E-state index contributed by atoms with van der Waals surface area (Å²) in [5, 5.41) is 2.23. The Balaban J connectivity index is 2.70. The van der Waals surface area contributed by atoms with Crippen LogP contribution in [0.1, 0.15) is 20.3 Å². The topological polar surface area (TPSA) is 46.2 Å². The van der Waals surface area contributed by atoms with Crippen molar-refractivity contribution in [3.8, 4) is 0 Å². The molecule has 1 saturated heterocycles. The van der Waals surface area contributed by atoms with Gasteiger partial charge in [-0.05, 0) is 0 Å². The van der Waals surface area contributed by atoms with Gasteiger partial charge in [0.15, 0.2) is 0 Å². The van der Waals surface area contributed by atoms with Gasteiger partial charge in [0.25, 0.3) is 0 Å². The highest BCUT2D eigenvalue weighted by atomic mass is 16.2. The number of hydrogen-bond donors (Lipinski definition) is 1. The molecule has 0 aliphatic carbocycles. The van der Waals surface area contributed by atoms with Crippen molar-refractivity contribution in [1.29, 1.82) is 0 Å². The van der Waals surface area contributed by atoms with Gasteiger partial charge in [-0.25, -0.2) is 0 Å². The van der Waals surface area contributed by atoms with Crippen LogP contribution in [0.15, 0.2) is 0 Å². The highest BCUT2D eigenvalue weighted by molar-refractivity contribution is 6.01. The van der Waals surface area contributed by atoms with E-state index in [1.54, 1.807) is 13.8 Å². The molecule has 0 spiro atoms. The van der Waals surface area contributed by atoms with Crippen molar-refractivity contribution in [3.05, 3.63) is 6.42 Å². The van der Waals surface area contributed by atoms with E-state index in [0.29, 0.717) is 0 Å². The number of nitrogens with one attached hydrogen (secondary N) is 1. The number of amides is 2. The Labute approximate surface area is 59.8 Å². The second kappa shape index (κ2) is 2.08. The first-order chi connectivity index (χ1) is 4.52. The molecule has 10 heavy (non-hydrogen) atoms. The van der Waals surface area contributed by atoms with Crippen LogP contribution in [0.25, 0.3) is 0 Å². The Hall–Kier alpha value is -0.860. The predicted octanol–water partition coefficient (Wildman–Crippen LogP) is 0.140. The third kappa shape index (κ3) is 1.17. The van der Waals surface area contributed by atoms with Gasteiger partial charge < -0.3 is 0 Å². The molecular weight excluding hydrogens is 130 g/mol. The number of rotatable bonds is 0. The fraction of sp³-hybridized carbons (Fsp3) is 0.571. The van der Waals surface area contributed by atoms with Crippen LogP contribution in [-0.4, -0.2) is 11.8 Å². The van der Waals surface area contributed by atoms with Crippen LogP contribution < -0.4 is 5.32 Å². The van der Waals surface area contributed by atoms with Gasteiger partial charge in [-0.2, -0.15) is 0 Å². The Morgan fingerprint density at radius 2 is 2.10 bits per heavy atom. The summed E-state index contributed by atoms with van der Waals surface area (Å²) in [6.45, 7) is 3.46. The van der Waals surface area contributed by atoms with E-state index in [4.69, 9.17) is 0 Å². The molecular formula is C7H9NO2. The van der Waals surface area contributed by atoms with Crippen molar-refractivity contribution < 1.29 is 9.59 Å². The maximum Gasteiger partial charge on any atom is 0.232 e. The monoisotopic (exact) mass is 139 g/mol. The van der Waals surface area contributed by atoms with Gasteiger partial charge in [0.05, 0.1) is 5.41 Å². The molecule has 0 atom stereocenters. The van der Waals surface area contributed by atoms with Crippen LogP contribution in [-0.2, 0) is 9.59 Å². The Kier molecular flexibility index (Phi) is 1.50. The summed E-state index contributed by atoms with van der Waals surface area (Å²) in [6.07, 6.45) is 3.02. The van der Waals surface area contributed by atoms with Gasteiger partial charge in [-0.15, -0.1) is 0 Å². The van der Waals surface area contributed by atoms with E-state index in [1.165, 1.54) is 0 Å². The molecule has 0 bridgehead atoms. The summed E-state index contributed by atoms with van der Waals surface area (Å²) < 4.78 is 0. The van der Waals surface area contributed by atoms with Crippen LogP contribution in [0.5, 0.6) is 0 Å². The third-order valence-corrected chi connectivity index (χ3v) is 1.51. The van der Waals surface area contributed by atoms with Gasteiger partial charge >= 0.3 is 0 Å². The maximum absolute atomic E-state index is 10.9. The molecule has 1 aliphatic rings. The Morgan fingerprint density at radius 1 is 1.50 bits per heavy atom. The van der Waals surface area contributed by atoms with Crippen LogP contribution in [0.4, 0.5) is 0 Å². The van der Waals surface area contributed by atoms with Gasteiger partial charge in [0.2, 0.25) is 11.8 Å².